The number of nitrogens with one attached hydrogen (secondary N) is 2. The van der Waals surface area contributed by atoms with Gasteiger partial charge in [-0.1, -0.05) is 0 Å². The van der Waals surface area contributed by atoms with Gasteiger partial charge in [-0.15, -0.1) is 0 Å². The van der Waals surface area contributed by atoms with Gasteiger partial charge in [-0.05, 0) is 6.92 Å². The van der Waals surface area contributed by atoms with Crippen molar-refractivity contribution in [2.24, 2.45) is 0 Å². The molecule has 5 aliphatic heterocycles. The summed E-state index contributed by atoms with van der Waals surface area (Å²) in [6.45, 7) is -3.01. The molecule has 0 aromatic rings. The Balaban J connectivity index is 1.50. The zero-order valence-electron chi connectivity index (χ0n) is 38.9. The first kappa shape index (κ1) is 60.7. The van der Waals surface area contributed by atoms with Crippen molar-refractivity contribution in [3.63, 3.8) is 0 Å². The standard InChI is InChI=1S/C40H70N2O30/c1-10-21(53)26(58)28(60)38(63-10)71-34-20(42-12(3)50)37(68-31(14(52)5-44)22(54)13(51)4-43)67-18(9-48)33(34)70-40-30(62)35(24(56)16(7-46)65-40)72-36-19(41-11(2)49)25(57)32(17(8-47)66-36)69-39-29(61)27(59)23(55)15(6-45)64-39/h10,13-40,43-48,51-62H,4-9H2,1-3H3,(H,41,49)(H,42,50)/t10-,13+,14-,15+,16+,17+,18+,19+,20+,21+,22-,23-,24-,25+,26+,27-,28-,29+,30+,31+,32+,33+,34+,35-,36-,37-,38-,39-,40-/m0/s1. The lowest BCUT2D eigenvalue weighted by Gasteiger charge is -2.51. The lowest BCUT2D eigenvalue weighted by atomic mass is 9.93. The van der Waals surface area contributed by atoms with Gasteiger partial charge >= 0.3 is 0 Å². The highest BCUT2D eigenvalue weighted by Crippen LogP contribution is 2.37. The Morgan fingerprint density at radius 1 is 0.444 bits per heavy atom. The molecular weight excluding hydrogens is 988 g/mol. The molecule has 420 valence electrons. The summed E-state index contributed by atoms with van der Waals surface area (Å²) >= 11 is 0. The van der Waals surface area contributed by atoms with Crippen molar-refractivity contribution in [3.05, 3.63) is 0 Å². The lowest BCUT2D eigenvalue weighted by molar-refractivity contribution is -0.389. The molecule has 5 heterocycles. The second-order valence-corrected chi connectivity index (χ2v) is 18.0. The molecule has 0 bridgehead atoms. The Hall–Kier alpha value is -2.18. The highest BCUT2D eigenvalue weighted by molar-refractivity contribution is 5.73. The minimum atomic E-state index is -2.28. The highest BCUT2D eigenvalue weighted by Gasteiger charge is 2.58. The molecular formula is C40H70N2O30. The van der Waals surface area contributed by atoms with Gasteiger partial charge in [-0.3, -0.25) is 9.59 Å². The predicted molar refractivity (Wildman–Crippen MR) is 223 cm³/mol. The lowest BCUT2D eigenvalue weighted by Crippen LogP contribution is -2.71. The molecule has 32 nitrogen and oxygen atoms in total. The van der Waals surface area contributed by atoms with E-state index in [4.69, 9.17) is 47.4 Å². The van der Waals surface area contributed by atoms with Crippen LogP contribution in [-0.4, -0.2) is 321 Å². The van der Waals surface area contributed by atoms with Crippen LogP contribution in [0.5, 0.6) is 0 Å². The van der Waals surface area contributed by atoms with Crippen LogP contribution in [0.3, 0.4) is 0 Å². The third kappa shape index (κ3) is 13.5. The van der Waals surface area contributed by atoms with Crippen molar-refractivity contribution in [2.75, 3.05) is 39.6 Å². The molecule has 5 fully saturated rings. The molecule has 0 spiro atoms. The van der Waals surface area contributed by atoms with Crippen molar-refractivity contribution in [1.82, 2.24) is 10.6 Å². The van der Waals surface area contributed by atoms with Gasteiger partial charge in [-0.2, -0.15) is 0 Å². The van der Waals surface area contributed by atoms with E-state index in [1.807, 2.05) is 0 Å². The van der Waals surface area contributed by atoms with Gasteiger partial charge in [-0.25, -0.2) is 0 Å². The van der Waals surface area contributed by atoms with E-state index in [1.165, 1.54) is 6.92 Å². The maximum Gasteiger partial charge on any atom is 0.217 e. The number of carbonyl (C=O) groups is 2. The van der Waals surface area contributed by atoms with Crippen LogP contribution in [0.15, 0.2) is 0 Å². The second-order valence-electron chi connectivity index (χ2n) is 18.0. The van der Waals surface area contributed by atoms with Gasteiger partial charge in [0.15, 0.2) is 31.5 Å². The number of hydrogen-bond donors (Lipinski definition) is 20. The Kier molecular flexibility index (Phi) is 22.5. The zero-order valence-corrected chi connectivity index (χ0v) is 38.9. The molecule has 2 amide bonds. The van der Waals surface area contributed by atoms with Gasteiger partial charge in [0.05, 0.1) is 45.7 Å². The van der Waals surface area contributed by atoms with Crippen LogP contribution < -0.4 is 10.6 Å². The first-order valence-electron chi connectivity index (χ1n) is 22.9. The molecule has 0 unspecified atom stereocenters. The van der Waals surface area contributed by atoms with E-state index in [9.17, 15) is 102 Å². The van der Waals surface area contributed by atoms with Crippen LogP contribution in [0.1, 0.15) is 20.8 Å². The monoisotopic (exact) mass is 1060 g/mol. The summed E-state index contributed by atoms with van der Waals surface area (Å²) in [6, 6.07) is -3.61. The Morgan fingerprint density at radius 2 is 0.875 bits per heavy atom. The van der Waals surface area contributed by atoms with Crippen LogP contribution >= 0.6 is 0 Å². The molecule has 32 heteroatoms. The fourth-order valence-electron chi connectivity index (χ4n) is 8.86. The first-order valence-corrected chi connectivity index (χ1v) is 22.9. The molecule has 29 atom stereocenters. The van der Waals surface area contributed by atoms with Crippen LogP contribution in [0.4, 0.5) is 0 Å². The van der Waals surface area contributed by atoms with Gasteiger partial charge < -0.3 is 150 Å². The average molecular weight is 1060 g/mol. The zero-order chi connectivity index (χ0) is 53.6. The quantitative estimate of drug-likeness (QED) is 0.0507. The number of amides is 2. The molecule has 5 saturated heterocycles. The van der Waals surface area contributed by atoms with E-state index >= 15 is 0 Å². The molecule has 72 heavy (non-hydrogen) atoms. The fraction of sp³-hybridized carbons (Fsp3) is 0.950. The van der Waals surface area contributed by atoms with Crippen molar-refractivity contribution < 1.29 is 149 Å². The fourth-order valence-corrected chi connectivity index (χ4v) is 8.86. The first-order chi connectivity index (χ1) is 34.0. The number of carbonyl (C=O) groups excluding carboxylic acids is 2. The maximum absolute atomic E-state index is 12.9. The second kappa shape index (κ2) is 26.7. The minimum Gasteiger partial charge on any atom is -0.394 e. The number of aliphatic hydroxyl groups excluding tert-OH is 18. The van der Waals surface area contributed by atoms with E-state index in [0.717, 1.165) is 13.8 Å². The van der Waals surface area contributed by atoms with E-state index in [-0.39, 0.29) is 0 Å². The van der Waals surface area contributed by atoms with Crippen LogP contribution in [0.25, 0.3) is 0 Å². The summed E-state index contributed by atoms with van der Waals surface area (Å²) in [5, 5.41) is 195. The molecule has 0 aromatic carbocycles. The summed E-state index contributed by atoms with van der Waals surface area (Å²) in [5.74, 6) is -1.74. The number of hydrogen-bond acceptors (Lipinski definition) is 30. The number of ether oxygens (including phenoxy) is 10. The summed E-state index contributed by atoms with van der Waals surface area (Å²) in [4.78, 5) is 25.4. The largest absolute Gasteiger partial charge is 0.394 e. The predicted octanol–water partition coefficient (Wildman–Crippen LogP) is -13.1. The van der Waals surface area contributed by atoms with Gasteiger partial charge in [0.1, 0.15) is 140 Å². The van der Waals surface area contributed by atoms with Crippen molar-refractivity contribution >= 4 is 11.8 Å². The molecule has 0 radical (unpaired) electrons. The Labute approximate surface area is 409 Å². The Bertz CT molecular complexity index is 1680. The van der Waals surface area contributed by atoms with Crippen LogP contribution in [0, 0.1) is 0 Å². The summed E-state index contributed by atoms with van der Waals surface area (Å²) < 4.78 is 58.4. The molecule has 5 rings (SSSR count). The van der Waals surface area contributed by atoms with Crippen molar-refractivity contribution in [2.45, 2.75) is 199 Å². The van der Waals surface area contributed by atoms with E-state index in [2.05, 4.69) is 10.6 Å². The van der Waals surface area contributed by atoms with Crippen molar-refractivity contribution in [3.8, 4) is 0 Å². The normalized spacial score (nSPS) is 45.7. The van der Waals surface area contributed by atoms with Gasteiger partial charge in [0.2, 0.25) is 11.8 Å². The number of aliphatic hydroxyl groups is 18. The third-order valence-corrected chi connectivity index (χ3v) is 12.8. The smallest absolute Gasteiger partial charge is 0.217 e. The SMILES string of the molecule is CC(=O)N[C@H]1[C@H](O[C@H]2[C@@H](O)[C@@H](CO)O[C@@H](O[C@H]3[C@H](O[C@@H]4O[C@@H](C)[C@@H](O)[C@@H](O)[C@@H]4O)[C@@H](NC(C)=O)[C@H](O[C@@H]([C@@H](O)[C@H](O)CO)[C@@H](O)CO)O[C@@H]3CO)[C@@H]2O)O[C@H](CO)[C@@H](O[C@@H]2O[C@H](CO)[C@H](O)[C@H](O)[C@H]2O)[C@@H]1O. The van der Waals surface area contributed by atoms with E-state index in [0.29, 0.717) is 0 Å². The van der Waals surface area contributed by atoms with Gasteiger partial charge in [0.25, 0.3) is 0 Å². The van der Waals surface area contributed by atoms with Gasteiger partial charge in [0, 0.05) is 13.8 Å². The Morgan fingerprint density at radius 3 is 1.42 bits per heavy atom. The summed E-state index contributed by atoms with van der Waals surface area (Å²) in [5.41, 5.74) is 0. The molecule has 0 aromatic heterocycles. The maximum atomic E-state index is 12.9. The molecule has 20 N–H and O–H groups in total. The molecule has 0 aliphatic carbocycles. The van der Waals surface area contributed by atoms with Crippen LogP contribution in [-0.2, 0) is 57.0 Å². The topological polar surface area (TPSA) is 515 Å². The number of rotatable bonds is 21. The molecule has 5 aliphatic rings. The van der Waals surface area contributed by atoms with Crippen molar-refractivity contribution in [1.29, 1.82) is 0 Å². The average Bonchev–Trinajstić information content (AvgIpc) is 3.35. The minimum absolute atomic E-state index is 0.845. The molecule has 0 saturated carbocycles. The highest BCUT2D eigenvalue weighted by atomic mass is 16.8. The van der Waals surface area contributed by atoms with E-state index in [1.54, 1.807) is 0 Å². The van der Waals surface area contributed by atoms with Crippen LogP contribution in [0.2, 0.25) is 0 Å². The van der Waals surface area contributed by atoms with E-state index < -0.39 is 229 Å². The third-order valence-electron chi connectivity index (χ3n) is 12.8. The summed E-state index contributed by atoms with van der Waals surface area (Å²) in [6.07, 6.45) is -51.9. The summed E-state index contributed by atoms with van der Waals surface area (Å²) in [7, 11) is 0.